The Morgan fingerprint density at radius 3 is 2.88 bits per heavy atom. The zero-order valence-corrected chi connectivity index (χ0v) is 10.3. The van der Waals surface area contributed by atoms with Crippen LogP contribution in [-0.2, 0) is 0 Å². The molecular weight excluding hydrogens is 274 g/mol. The first-order valence-corrected chi connectivity index (χ1v) is 5.88. The molecule has 1 aliphatic rings. The zero-order chi connectivity index (χ0) is 11.6. The van der Waals surface area contributed by atoms with Gasteiger partial charge in [-0.05, 0) is 35.2 Å². The van der Waals surface area contributed by atoms with Crippen LogP contribution in [0.2, 0.25) is 0 Å². The quantitative estimate of drug-likeness (QED) is 0.484. The Morgan fingerprint density at radius 1 is 1.56 bits per heavy atom. The van der Waals surface area contributed by atoms with Crippen LogP contribution in [0.3, 0.4) is 0 Å². The Morgan fingerprint density at radius 2 is 2.31 bits per heavy atom. The van der Waals surface area contributed by atoms with Crippen molar-refractivity contribution in [2.24, 2.45) is 5.84 Å². The summed E-state index contributed by atoms with van der Waals surface area (Å²) in [6.45, 7) is 0.493. The van der Waals surface area contributed by atoms with Crippen LogP contribution >= 0.6 is 15.9 Å². The Hall–Kier alpha value is -0.920. The van der Waals surface area contributed by atoms with Crippen LogP contribution in [0.1, 0.15) is 19.3 Å². The number of hydrazine groups is 1. The van der Waals surface area contributed by atoms with Gasteiger partial charge in [-0.2, -0.15) is 4.98 Å². The van der Waals surface area contributed by atoms with E-state index >= 15 is 0 Å². The van der Waals surface area contributed by atoms with E-state index in [-0.39, 0.29) is 0 Å². The number of aromatic nitrogens is 2. The minimum absolute atomic E-state index is 0.339. The number of nitrogens with zero attached hydrogens (tertiary/aromatic N) is 2. The van der Waals surface area contributed by atoms with E-state index < -0.39 is 5.60 Å². The lowest BCUT2D eigenvalue weighted by Crippen LogP contribution is -2.43. The van der Waals surface area contributed by atoms with Gasteiger partial charge in [-0.1, -0.05) is 0 Å². The number of aliphatic hydroxyl groups is 1. The fourth-order valence-corrected chi connectivity index (χ4v) is 1.90. The van der Waals surface area contributed by atoms with Gasteiger partial charge in [-0.15, -0.1) is 0 Å². The van der Waals surface area contributed by atoms with Gasteiger partial charge < -0.3 is 10.4 Å². The van der Waals surface area contributed by atoms with Gasteiger partial charge in [0.25, 0.3) is 0 Å². The molecule has 7 heteroatoms. The van der Waals surface area contributed by atoms with Crippen LogP contribution in [0, 0.1) is 0 Å². The maximum atomic E-state index is 9.93. The van der Waals surface area contributed by atoms with Gasteiger partial charge >= 0.3 is 0 Å². The molecule has 0 saturated heterocycles. The molecule has 0 unspecified atom stereocenters. The van der Waals surface area contributed by atoms with E-state index in [2.05, 4.69) is 36.6 Å². The summed E-state index contributed by atoms with van der Waals surface area (Å²) in [5, 5.41) is 13.0. The van der Waals surface area contributed by atoms with Crippen molar-refractivity contribution in [3.8, 4) is 0 Å². The first-order valence-electron chi connectivity index (χ1n) is 5.08. The average Bonchev–Trinajstić information content (AvgIpc) is 2.25. The summed E-state index contributed by atoms with van der Waals surface area (Å²) in [5.41, 5.74) is 1.79. The van der Waals surface area contributed by atoms with Gasteiger partial charge in [0, 0.05) is 12.7 Å². The predicted molar refractivity (Wildman–Crippen MR) is 64.8 cm³/mol. The molecule has 0 radical (unpaired) electrons. The molecule has 2 rings (SSSR count). The summed E-state index contributed by atoms with van der Waals surface area (Å²) < 4.78 is 0.745. The van der Waals surface area contributed by atoms with Crippen LogP contribution in [-0.4, -0.2) is 27.2 Å². The number of hydrogen-bond acceptors (Lipinski definition) is 6. The van der Waals surface area contributed by atoms with Gasteiger partial charge in [-0.3, -0.25) is 5.43 Å². The van der Waals surface area contributed by atoms with Crippen molar-refractivity contribution in [2.75, 3.05) is 17.3 Å². The number of hydrogen-bond donors (Lipinski definition) is 4. The Kier molecular flexibility index (Phi) is 3.27. The van der Waals surface area contributed by atoms with Crippen molar-refractivity contribution in [1.29, 1.82) is 0 Å². The highest BCUT2D eigenvalue weighted by Crippen LogP contribution is 2.32. The summed E-state index contributed by atoms with van der Waals surface area (Å²) in [6.07, 6.45) is 4.36. The van der Waals surface area contributed by atoms with Gasteiger partial charge in [-0.25, -0.2) is 10.8 Å². The number of nitrogens with one attached hydrogen (secondary N) is 2. The first-order chi connectivity index (χ1) is 7.63. The van der Waals surface area contributed by atoms with Crippen molar-refractivity contribution in [3.05, 3.63) is 10.7 Å². The average molecular weight is 288 g/mol. The van der Waals surface area contributed by atoms with Crippen LogP contribution in [0.5, 0.6) is 0 Å². The van der Waals surface area contributed by atoms with Crippen molar-refractivity contribution < 1.29 is 5.11 Å². The number of rotatable bonds is 4. The highest BCUT2D eigenvalue weighted by atomic mass is 79.9. The lowest BCUT2D eigenvalue weighted by Gasteiger charge is -2.36. The lowest BCUT2D eigenvalue weighted by molar-refractivity contribution is -0.0202. The molecule has 5 N–H and O–H groups in total. The molecule has 0 aromatic carbocycles. The van der Waals surface area contributed by atoms with Crippen LogP contribution in [0.4, 0.5) is 11.8 Å². The van der Waals surface area contributed by atoms with Gasteiger partial charge in [0.1, 0.15) is 5.82 Å². The highest BCUT2D eigenvalue weighted by Gasteiger charge is 2.34. The summed E-state index contributed by atoms with van der Waals surface area (Å²) >= 11 is 3.33. The van der Waals surface area contributed by atoms with E-state index in [1.165, 1.54) is 0 Å². The molecule has 0 aliphatic heterocycles. The Labute approximate surface area is 102 Å². The number of halogens is 1. The fourth-order valence-electron chi connectivity index (χ4n) is 1.57. The Bertz CT molecular complexity index is 382. The monoisotopic (exact) mass is 287 g/mol. The fraction of sp³-hybridized carbons (Fsp3) is 0.556. The Balaban J connectivity index is 2.02. The third-order valence-electron chi connectivity index (χ3n) is 2.74. The highest BCUT2D eigenvalue weighted by molar-refractivity contribution is 9.10. The third kappa shape index (κ3) is 2.42. The van der Waals surface area contributed by atoms with Crippen LogP contribution in [0.25, 0.3) is 0 Å². The van der Waals surface area contributed by atoms with E-state index in [4.69, 9.17) is 5.84 Å². The maximum absolute atomic E-state index is 9.93. The summed E-state index contributed by atoms with van der Waals surface area (Å²) in [5.74, 6) is 6.19. The van der Waals surface area contributed by atoms with Gasteiger partial charge in [0.15, 0.2) is 0 Å². The minimum Gasteiger partial charge on any atom is -0.388 e. The minimum atomic E-state index is -0.583. The molecule has 1 aromatic heterocycles. The van der Waals surface area contributed by atoms with Crippen molar-refractivity contribution in [2.45, 2.75) is 24.9 Å². The predicted octanol–water partition coefficient (Wildman–Crippen LogP) is 0.852. The largest absolute Gasteiger partial charge is 0.388 e. The molecule has 0 spiro atoms. The van der Waals surface area contributed by atoms with E-state index in [0.29, 0.717) is 18.3 Å². The molecule has 1 aromatic rings. The molecule has 0 amide bonds. The molecule has 1 fully saturated rings. The molecule has 6 nitrogen and oxygen atoms in total. The standard InChI is InChI=1S/C9H14BrN5O/c10-6-4-12-8(15-11)14-7(6)13-5-9(16)2-1-3-9/h4,16H,1-3,5,11H2,(H2,12,13,14,15). The normalized spacial score (nSPS) is 17.7. The second-order valence-electron chi connectivity index (χ2n) is 3.97. The molecule has 1 saturated carbocycles. The molecule has 88 valence electrons. The van der Waals surface area contributed by atoms with Gasteiger partial charge in [0.05, 0.1) is 10.1 Å². The molecule has 1 aliphatic carbocycles. The summed E-state index contributed by atoms with van der Waals surface area (Å²) in [7, 11) is 0. The first kappa shape index (κ1) is 11.6. The lowest BCUT2D eigenvalue weighted by atomic mass is 9.80. The van der Waals surface area contributed by atoms with E-state index in [9.17, 15) is 5.11 Å². The smallest absolute Gasteiger partial charge is 0.239 e. The molecule has 16 heavy (non-hydrogen) atoms. The molecular formula is C9H14BrN5O. The van der Waals surface area contributed by atoms with E-state index in [0.717, 1.165) is 23.7 Å². The second-order valence-corrected chi connectivity index (χ2v) is 4.82. The van der Waals surface area contributed by atoms with Crippen molar-refractivity contribution in [3.63, 3.8) is 0 Å². The summed E-state index contributed by atoms with van der Waals surface area (Å²) in [6, 6.07) is 0. The molecule has 1 heterocycles. The van der Waals surface area contributed by atoms with Crippen LogP contribution in [0.15, 0.2) is 10.7 Å². The van der Waals surface area contributed by atoms with Crippen molar-refractivity contribution >= 4 is 27.7 Å². The number of nitrogens with two attached hydrogens (primary N) is 1. The third-order valence-corrected chi connectivity index (χ3v) is 3.32. The van der Waals surface area contributed by atoms with Gasteiger partial charge in [0.2, 0.25) is 5.95 Å². The molecule has 0 atom stereocenters. The number of anilines is 2. The zero-order valence-electron chi connectivity index (χ0n) is 8.70. The van der Waals surface area contributed by atoms with Crippen LogP contribution < -0.4 is 16.6 Å². The SMILES string of the molecule is NNc1ncc(Br)c(NCC2(O)CCC2)n1. The van der Waals surface area contributed by atoms with E-state index in [1.807, 2.05) is 0 Å². The van der Waals surface area contributed by atoms with E-state index in [1.54, 1.807) is 6.20 Å². The summed E-state index contributed by atoms with van der Waals surface area (Å²) in [4.78, 5) is 8.08. The maximum Gasteiger partial charge on any atom is 0.239 e. The number of nitrogen functional groups attached to an aromatic ring is 1. The van der Waals surface area contributed by atoms with Crippen molar-refractivity contribution in [1.82, 2.24) is 9.97 Å². The molecule has 0 bridgehead atoms. The topological polar surface area (TPSA) is 96.1 Å². The second kappa shape index (κ2) is 4.52.